The van der Waals surface area contributed by atoms with Gasteiger partial charge in [0, 0.05) is 33.4 Å². The van der Waals surface area contributed by atoms with Gasteiger partial charge in [0.25, 0.3) is 0 Å². The monoisotopic (exact) mass is 715 g/mol. The first-order valence-corrected chi connectivity index (χ1v) is 19.1. The van der Waals surface area contributed by atoms with E-state index in [-0.39, 0.29) is 0 Å². The lowest BCUT2D eigenvalue weighted by Gasteiger charge is -2.26. The fourth-order valence-corrected chi connectivity index (χ4v) is 7.79. The number of benzene rings is 9. The van der Waals surface area contributed by atoms with Crippen molar-refractivity contribution in [2.45, 2.75) is 0 Å². The van der Waals surface area contributed by atoms with E-state index in [2.05, 4.69) is 217 Å². The summed E-state index contributed by atoms with van der Waals surface area (Å²) in [7, 11) is 0. The number of rotatable bonds is 8. The predicted octanol–water partition coefficient (Wildman–Crippen LogP) is 15.4. The Morgan fingerprint density at radius 2 is 0.589 bits per heavy atom. The fourth-order valence-electron chi connectivity index (χ4n) is 7.79. The van der Waals surface area contributed by atoms with Crippen LogP contribution in [0, 0.1) is 0 Å². The van der Waals surface area contributed by atoms with Gasteiger partial charge in [-0.2, -0.15) is 0 Å². The Hall–Kier alpha value is -7.42. The Balaban J connectivity index is 0.955. The Bertz CT molecular complexity index is 2890. The molecule has 0 radical (unpaired) electrons. The van der Waals surface area contributed by atoms with Crippen LogP contribution >= 0.6 is 0 Å². The summed E-state index contributed by atoms with van der Waals surface area (Å²) in [6.07, 6.45) is 0. The van der Waals surface area contributed by atoms with Gasteiger partial charge < -0.3 is 9.32 Å². The summed E-state index contributed by atoms with van der Waals surface area (Å²) in [5.74, 6) is 0. The Kier molecular flexibility index (Phi) is 8.55. The zero-order valence-corrected chi connectivity index (χ0v) is 30.7. The molecular weight excluding hydrogens is 679 g/mol. The summed E-state index contributed by atoms with van der Waals surface area (Å²) < 4.78 is 6.33. The highest BCUT2D eigenvalue weighted by Crippen LogP contribution is 2.39. The van der Waals surface area contributed by atoms with Crippen molar-refractivity contribution in [3.63, 3.8) is 0 Å². The number of anilines is 3. The summed E-state index contributed by atoms with van der Waals surface area (Å²) in [4.78, 5) is 2.33. The Labute approximate surface area is 327 Å². The molecule has 1 aromatic heterocycles. The van der Waals surface area contributed by atoms with Crippen LogP contribution in [-0.2, 0) is 0 Å². The molecule has 0 amide bonds. The molecular formula is C54H37NO. The van der Waals surface area contributed by atoms with Gasteiger partial charge in [-0.1, -0.05) is 182 Å². The average Bonchev–Trinajstić information content (AvgIpc) is 3.67. The lowest BCUT2D eigenvalue weighted by molar-refractivity contribution is 0.670. The molecule has 264 valence electrons. The Morgan fingerprint density at radius 1 is 0.250 bits per heavy atom. The minimum absolute atomic E-state index is 0.914. The summed E-state index contributed by atoms with van der Waals surface area (Å²) >= 11 is 0. The maximum atomic E-state index is 6.33. The van der Waals surface area contributed by atoms with E-state index in [4.69, 9.17) is 4.42 Å². The fraction of sp³-hybridized carbons (Fsp3) is 0. The SMILES string of the molecule is c1ccc(-c2ccc(-c3ccc(N(c4ccc(-c5ccccc5)cc4)c4ccc(-c5ccc(-c6cccc7c6oc6ccccc67)cc5)cc4)cc3)cc2)cc1. The summed E-state index contributed by atoms with van der Waals surface area (Å²) in [5, 5.41) is 2.29. The van der Waals surface area contributed by atoms with E-state index in [1.807, 2.05) is 12.1 Å². The van der Waals surface area contributed by atoms with E-state index in [0.717, 1.165) is 55.7 Å². The van der Waals surface area contributed by atoms with E-state index in [9.17, 15) is 0 Å². The first-order valence-electron chi connectivity index (χ1n) is 19.1. The van der Waals surface area contributed by atoms with Crippen LogP contribution in [0.3, 0.4) is 0 Å². The minimum Gasteiger partial charge on any atom is -0.455 e. The standard InChI is InChI=1S/C54H37NO/c1-3-10-38(11-4-1)40-18-20-41(21-19-40)44-28-34-48(35-29-44)55(47-32-26-43(27-33-47)39-12-5-2-6-13-39)49-36-30-45(31-37-49)42-22-24-46(25-23-42)50-15-9-16-52-51-14-7-8-17-53(51)56-54(50)52/h1-37H. The van der Waals surface area contributed by atoms with Gasteiger partial charge in [0.2, 0.25) is 0 Å². The normalized spacial score (nSPS) is 11.2. The molecule has 10 aromatic rings. The van der Waals surface area contributed by atoms with Crippen molar-refractivity contribution < 1.29 is 4.42 Å². The van der Waals surface area contributed by atoms with Crippen LogP contribution in [0.1, 0.15) is 0 Å². The molecule has 2 heteroatoms. The predicted molar refractivity (Wildman–Crippen MR) is 236 cm³/mol. The highest BCUT2D eigenvalue weighted by molar-refractivity contribution is 6.09. The molecule has 0 bridgehead atoms. The third-order valence-electron chi connectivity index (χ3n) is 10.7. The van der Waals surface area contributed by atoms with Crippen LogP contribution in [0.25, 0.3) is 77.6 Å². The second kappa shape index (κ2) is 14.4. The minimum atomic E-state index is 0.914. The number of para-hydroxylation sites is 2. The van der Waals surface area contributed by atoms with Crippen molar-refractivity contribution >= 4 is 39.0 Å². The van der Waals surface area contributed by atoms with Crippen molar-refractivity contribution in [1.82, 2.24) is 0 Å². The number of fused-ring (bicyclic) bond motifs is 3. The van der Waals surface area contributed by atoms with Gasteiger partial charge in [0.15, 0.2) is 0 Å². The van der Waals surface area contributed by atoms with Crippen molar-refractivity contribution in [1.29, 1.82) is 0 Å². The van der Waals surface area contributed by atoms with E-state index >= 15 is 0 Å². The van der Waals surface area contributed by atoms with Crippen LogP contribution in [0.15, 0.2) is 229 Å². The topological polar surface area (TPSA) is 16.4 Å². The molecule has 2 nitrogen and oxygen atoms in total. The molecule has 0 saturated heterocycles. The zero-order valence-electron chi connectivity index (χ0n) is 30.7. The summed E-state index contributed by atoms with van der Waals surface area (Å²) in [5.41, 5.74) is 16.9. The smallest absolute Gasteiger partial charge is 0.143 e. The highest BCUT2D eigenvalue weighted by atomic mass is 16.3. The first-order chi connectivity index (χ1) is 27.7. The third kappa shape index (κ3) is 6.34. The quantitative estimate of drug-likeness (QED) is 0.156. The Morgan fingerprint density at radius 3 is 1.04 bits per heavy atom. The molecule has 0 spiro atoms. The van der Waals surface area contributed by atoms with Gasteiger partial charge in [-0.05, 0) is 92.5 Å². The average molecular weight is 716 g/mol. The molecule has 10 rings (SSSR count). The largest absolute Gasteiger partial charge is 0.455 e. The van der Waals surface area contributed by atoms with E-state index in [1.54, 1.807) is 0 Å². The molecule has 0 fully saturated rings. The number of hydrogen-bond donors (Lipinski definition) is 0. The van der Waals surface area contributed by atoms with Gasteiger partial charge in [0.1, 0.15) is 11.2 Å². The van der Waals surface area contributed by atoms with Crippen LogP contribution in [0.5, 0.6) is 0 Å². The van der Waals surface area contributed by atoms with Crippen molar-refractivity contribution in [2.75, 3.05) is 4.90 Å². The van der Waals surface area contributed by atoms with Crippen LogP contribution in [0.2, 0.25) is 0 Å². The molecule has 9 aromatic carbocycles. The lowest BCUT2D eigenvalue weighted by atomic mass is 9.98. The maximum absolute atomic E-state index is 6.33. The van der Waals surface area contributed by atoms with Gasteiger partial charge in [-0.25, -0.2) is 0 Å². The summed E-state index contributed by atoms with van der Waals surface area (Å²) in [6.45, 7) is 0. The van der Waals surface area contributed by atoms with Gasteiger partial charge in [0.05, 0.1) is 0 Å². The van der Waals surface area contributed by atoms with Gasteiger partial charge in [-0.15, -0.1) is 0 Å². The van der Waals surface area contributed by atoms with E-state index < -0.39 is 0 Å². The lowest BCUT2D eigenvalue weighted by Crippen LogP contribution is -2.09. The van der Waals surface area contributed by atoms with Crippen LogP contribution in [-0.4, -0.2) is 0 Å². The molecule has 56 heavy (non-hydrogen) atoms. The summed E-state index contributed by atoms with van der Waals surface area (Å²) in [6, 6.07) is 80.0. The van der Waals surface area contributed by atoms with Crippen molar-refractivity contribution in [2.24, 2.45) is 0 Å². The molecule has 0 aliphatic rings. The first kappa shape index (κ1) is 33.2. The number of furan rings is 1. The zero-order chi connectivity index (χ0) is 37.3. The molecule has 0 aliphatic carbocycles. The highest BCUT2D eigenvalue weighted by Gasteiger charge is 2.15. The van der Waals surface area contributed by atoms with Crippen LogP contribution < -0.4 is 4.90 Å². The second-order valence-electron chi connectivity index (χ2n) is 14.1. The van der Waals surface area contributed by atoms with Crippen LogP contribution in [0.4, 0.5) is 17.1 Å². The number of nitrogens with zero attached hydrogens (tertiary/aromatic N) is 1. The molecule has 1 heterocycles. The second-order valence-corrected chi connectivity index (χ2v) is 14.1. The maximum Gasteiger partial charge on any atom is 0.143 e. The molecule has 0 atom stereocenters. The molecule has 0 unspecified atom stereocenters. The number of hydrogen-bond acceptors (Lipinski definition) is 2. The van der Waals surface area contributed by atoms with Gasteiger partial charge >= 0.3 is 0 Å². The molecule has 0 N–H and O–H groups in total. The molecule has 0 saturated carbocycles. The van der Waals surface area contributed by atoms with Gasteiger partial charge in [-0.3, -0.25) is 0 Å². The van der Waals surface area contributed by atoms with E-state index in [0.29, 0.717) is 0 Å². The van der Waals surface area contributed by atoms with E-state index in [1.165, 1.54) is 38.9 Å². The van der Waals surface area contributed by atoms with Crippen molar-refractivity contribution in [3.05, 3.63) is 224 Å². The third-order valence-corrected chi connectivity index (χ3v) is 10.7. The van der Waals surface area contributed by atoms with Crippen molar-refractivity contribution in [3.8, 4) is 55.6 Å². The molecule has 0 aliphatic heterocycles.